The highest BCUT2D eigenvalue weighted by molar-refractivity contribution is 7.89. The van der Waals surface area contributed by atoms with Crippen molar-refractivity contribution in [1.29, 1.82) is 0 Å². The third-order valence-corrected chi connectivity index (χ3v) is 6.65. The maximum absolute atomic E-state index is 13.0. The monoisotopic (exact) mass is 400 g/mol. The molecule has 4 rings (SSSR count). The van der Waals surface area contributed by atoms with Crippen LogP contribution in [0, 0.1) is 0 Å². The molecule has 7 nitrogen and oxygen atoms in total. The summed E-state index contributed by atoms with van der Waals surface area (Å²) >= 11 is 0. The maximum atomic E-state index is 13.0. The van der Waals surface area contributed by atoms with E-state index in [9.17, 15) is 13.2 Å². The van der Waals surface area contributed by atoms with Crippen LogP contribution in [-0.4, -0.2) is 44.9 Å². The molecule has 0 bridgehead atoms. The molecule has 1 fully saturated rings. The maximum Gasteiger partial charge on any atom is 0.287 e. The molecular weight excluding hydrogens is 380 g/mol. The number of hydrogen-bond acceptors (Lipinski definition) is 5. The lowest BCUT2D eigenvalue weighted by Gasteiger charge is -2.27. The Hall–Kier alpha value is -2.68. The fraction of sp³-hybridized carbons (Fsp3) is 0.250. The first kappa shape index (κ1) is 18.7. The van der Waals surface area contributed by atoms with Gasteiger partial charge in [0, 0.05) is 25.0 Å². The molecule has 2 aromatic carbocycles. The van der Waals surface area contributed by atoms with Gasteiger partial charge in [-0.25, -0.2) is 8.42 Å². The molecule has 8 heteroatoms. The predicted octanol–water partition coefficient (Wildman–Crippen LogP) is 2.38. The van der Waals surface area contributed by atoms with Crippen LogP contribution in [0.1, 0.15) is 16.1 Å². The van der Waals surface area contributed by atoms with Crippen LogP contribution in [0.25, 0.3) is 11.0 Å². The van der Waals surface area contributed by atoms with Crippen molar-refractivity contribution in [3.63, 3.8) is 0 Å². The summed E-state index contributed by atoms with van der Waals surface area (Å²) in [5.41, 5.74) is 1.15. The largest absolute Gasteiger partial charge is 0.451 e. The lowest BCUT2D eigenvalue weighted by atomic mass is 10.2. The number of nitrogens with zero attached hydrogens (tertiary/aromatic N) is 1. The third kappa shape index (κ3) is 3.66. The molecule has 0 unspecified atom stereocenters. The van der Waals surface area contributed by atoms with Crippen LogP contribution in [0.3, 0.4) is 0 Å². The van der Waals surface area contributed by atoms with Gasteiger partial charge in [0.05, 0.1) is 18.1 Å². The number of amides is 1. The Labute approximate surface area is 162 Å². The lowest BCUT2D eigenvalue weighted by molar-refractivity contribution is 0.0730. The van der Waals surface area contributed by atoms with Gasteiger partial charge in [0.15, 0.2) is 5.76 Å². The fourth-order valence-electron chi connectivity index (χ4n) is 3.18. The first-order chi connectivity index (χ1) is 13.6. The molecule has 0 radical (unpaired) electrons. The molecule has 2 heterocycles. The smallest absolute Gasteiger partial charge is 0.287 e. The van der Waals surface area contributed by atoms with Crippen molar-refractivity contribution < 1.29 is 22.4 Å². The van der Waals surface area contributed by atoms with Crippen LogP contribution >= 0.6 is 0 Å². The second kappa shape index (κ2) is 7.75. The highest BCUT2D eigenvalue weighted by atomic mass is 32.2. The van der Waals surface area contributed by atoms with Gasteiger partial charge in [0.1, 0.15) is 5.58 Å². The van der Waals surface area contributed by atoms with Crippen LogP contribution in [0.15, 0.2) is 63.9 Å². The van der Waals surface area contributed by atoms with Crippen LogP contribution in [0.5, 0.6) is 0 Å². The zero-order valence-electron chi connectivity index (χ0n) is 15.1. The van der Waals surface area contributed by atoms with Crippen molar-refractivity contribution in [2.45, 2.75) is 11.4 Å². The summed E-state index contributed by atoms with van der Waals surface area (Å²) in [4.78, 5) is 12.7. The molecule has 1 amide bonds. The van der Waals surface area contributed by atoms with Crippen molar-refractivity contribution in [3.8, 4) is 0 Å². The molecular formula is C20H20N2O5S. The molecule has 1 aliphatic heterocycles. The van der Waals surface area contributed by atoms with Gasteiger partial charge in [-0.2, -0.15) is 4.31 Å². The van der Waals surface area contributed by atoms with Crippen LogP contribution in [0.2, 0.25) is 0 Å². The standard InChI is InChI=1S/C20H20N2O5S/c23-20(18-13-15-5-1-3-7-17(15)27-18)21-14-16-6-2-4-8-19(16)28(24,25)22-9-11-26-12-10-22/h1-8,13H,9-12,14H2,(H,21,23). The minimum atomic E-state index is -3.65. The van der Waals surface area contributed by atoms with Gasteiger partial charge in [-0.05, 0) is 23.8 Å². The normalized spacial score (nSPS) is 15.6. The summed E-state index contributed by atoms with van der Waals surface area (Å²) in [6.45, 7) is 1.48. The van der Waals surface area contributed by atoms with E-state index in [1.807, 2.05) is 18.2 Å². The summed E-state index contributed by atoms with van der Waals surface area (Å²) in [5.74, 6) is -0.204. The van der Waals surface area contributed by atoms with Crippen LogP contribution in [-0.2, 0) is 21.3 Å². The Kier molecular flexibility index (Phi) is 5.17. The van der Waals surface area contributed by atoms with Gasteiger partial charge in [-0.3, -0.25) is 4.79 Å². The number of para-hydroxylation sites is 1. The first-order valence-corrected chi connectivity index (χ1v) is 10.4. The van der Waals surface area contributed by atoms with Crippen molar-refractivity contribution >= 4 is 26.9 Å². The summed E-state index contributed by atoms with van der Waals surface area (Å²) in [6.07, 6.45) is 0. The number of carbonyl (C=O) groups excluding carboxylic acids is 1. The quantitative estimate of drug-likeness (QED) is 0.710. The van der Waals surface area contributed by atoms with Crippen LogP contribution in [0.4, 0.5) is 0 Å². The highest BCUT2D eigenvalue weighted by Gasteiger charge is 2.28. The van der Waals surface area contributed by atoms with Gasteiger partial charge >= 0.3 is 0 Å². The molecule has 1 aromatic heterocycles. The van der Waals surface area contributed by atoms with E-state index >= 15 is 0 Å². The minimum absolute atomic E-state index is 0.0790. The molecule has 3 aromatic rings. The summed E-state index contributed by atoms with van der Waals surface area (Å²) in [7, 11) is -3.65. The van der Waals surface area contributed by atoms with E-state index in [2.05, 4.69) is 5.32 Å². The van der Waals surface area contributed by atoms with Crippen molar-refractivity contribution in [1.82, 2.24) is 9.62 Å². The fourth-order valence-corrected chi connectivity index (χ4v) is 4.81. The summed E-state index contributed by atoms with van der Waals surface area (Å²) in [6, 6.07) is 15.7. The SMILES string of the molecule is O=C(NCc1ccccc1S(=O)(=O)N1CCOCC1)c1cc2ccccc2o1. The predicted molar refractivity (Wildman–Crippen MR) is 103 cm³/mol. The number of benzene rings is 2. The second-order valence-electron chi connectivity index (χ2n) is 6.46. The van der Waals surface area contributed by atoms with E-state index in [0.29, 0.717) is 37.4 Å². The highest BCUT2D eigenvalue weighted by Crippen LogP contribution is 2.22. The van der Waals surface area contributed by atoms with E-state index in [4.69, 9.17) is 9.15 Å². The molecule has 1 saturated heterocycles. The molecule has 146 valence electrons. The van der Waals surface area contributed by atoms with Gasteiger partial charge in [-0.15, -0.1) is 0 Å². The molecule has 1 aliphatic rings. The molecule has 0 atom stereocenters. The number of nitrogens with one attached hydrogen (secondary N) is 1. The number of hydrogen-bond donors (Lipinski definition) is 1. The van der Waals surface area contributed by atoms with E-state index in [1.54, 1.807) is 36.4 Å². The zero-order chi connectivity index (χ0) is 19.6. The van der Waals surface area contributed by atoms with Crippen molar-refractivity contribution in [3.05, 3.63) is 65.9 Å². The van der Waals surface area contributed by atoms with E-state index in [1.165, 1.54) is 4.31 Å². The number of rotatable bonds is 5. The topological polar surface area (TPSA) is 88.9 Å². The Morgan fingerprint density at radius 1 is 1.04 bits per heavy atom. The molecule has 0 spiro atoms. The van der Waals surface area contributed by atoms with E-state index < -0.39 is 15.9 Å². The summed E-state index contributed by atoms with van der Waals surface area (Å²) in [5, 5.41) is 3.59. The summed E-state index contributed by atoms with van der Waals surface area (Å²) < 4.78 is 38.2. The average Bonchev–Trinajstić information content (AvgIpc) is 3.17. The Morgan fingerprint density at radius 3 is 2.54 bits per heavy atom. The Morgan fingerprint density at radius 2 is 1.75 bits per heavy atom. The van der Waals surface area contributed by atoms with E-state index in [-0.39, 0.29) is 17.2 Å². The number of sulfonamides is 1. The first-order valence-electron chi connectivity index (χ1n) is 8.98. The number of morpholine rings is 1. The zero-order valence-corrected chi connectivity index (χ0v) is 15.9. The lowest BCUT2D eigenvalue weighted by Crippen LogP contribution is -2.41. The Bertz CT molecular complexity index is 1070. The van der Waals surface area contributed by atoms with Crippen LogP contribution < -0.4 is 5.32 Å². The van der Waals surface area contributed by atoms with Gasteiger partial charge in [-0.1, -0.05) is 36.4 Å². The molecule has 0 saturated carbocycles. The van der Waals surface area contributed by atoms with Gasteiger partial charge < -0.3 is 14.5 Å². The van der Waals surface area contributed by atoms with Crippen molar-refractivity contribution in [2.75, 3.05) is 26.3 Å². The number of fused-ring (bicyclic) bond motifs is 1. The molecule has 0 aliphatic carbocycles. The Balaban J connectivity index is 1.53. The van der Waals surface area contributed by atoms with Crippen molar-refractivity contribution in [2.24, 2.45) is 0 Å². The third-order valence-electron chi connectivity index (χ3n) is 4.65. The molecule has 1 N–H and O–H groups in total. The number of furan rings is 1. The van der Waals surface area contributed by atoms with E-state index in [0.717, 1.165) is 5.39 Å². The van der Waals surface area contributed by atoms with Gasteiger partial charge in [0.2, 0.25) is 10.0 Å². The number of carbonyl (C=O) groups is 1. The minimum Gasteiger partial charge on any atom is -0.451 e. The number of ether oxygens (including phenoxy) is 1. The average molecular weight is 400 g/mol. The second-order valence-corrected chi connectivity index (χ2v) is 8.36. The van der Waals surface area contributed by atoms with Gasteiger partial charge in [0.25, 0.3) is 5.91 Å². The molecule has 28 heavy (non-hydrogen) atoms.